The third-order valence-electron chi connectivity index (χ3n) is 3.80. The molecule has 0 heterocycles. The molecule has 28 heavy (non-hydrogen) atoms. The Labute approximate surface area is 166 Å². The molecule has 0 radical (unpaired) electrons. The largest absolute Gasteiger partial charge is 0.481 e. The van der Waals surface area contributed by atoms with E-state index in [-0.39, 0.29) is 12.5 Å². The highest BCUT2D eigenvalue weighted by molar-refractivity contribution is 5.89. The predicted octanol–water partition coefficient (Wildman–Crippen LogP) is 3.65. The third-order valence-corrected chi connectivity index (χ3v) is 3.80. The molecule has 0 aliphatic rings. The molecule has 1 aromatic carbocycles. The van der Waals surface area contributed by atoms with Gasteiger partial charge in [-0.3, -0.25) is 4.79 Å². The van der Waals surface area contributed by atoms with Crippen LogP contribution < -0.4 is 16.0 Å². The molecule has 0 spiro atoms. The minimum absolute atomic E-state index is 0.180. The maximum Gasteiger partial charge on any atom is 0.407 e. The van der Waals surface area contributed by atoms with E-state index >= 15 is 0 Å². The number of rotatable bonds is 9. The van der Waals surface area contributed by atoms with Crippen LogP contribution in [0.25, 0.3) is 0 Å². The van der Waals surface area contributed by atoms with Gasteiger partial charge in [-0.05, 0) is 58.6 Å². The first kappa shape index (κ1) is 23.3. The minimum Gasteiger partial charge on any atom is -0.481 e. The normalized spacial score (nSPS) is 12.0. The average molecular weight is 393 g/mol. The van der Waals surface area contributed by atoms with Crippen LogP contribution in [0.3, 0.4) is 0 Å². The zero-order valence-electron chi connectivity index (χ0n) is 17.0. The lowest BCUT2D eigenvalue weighted by Crippen LogP contribution is -2.40. The van der Waals surface area contributed by atoms with Crippen LogP contribution in [-0.4, -0.2) is 41.4 Å². The highest BCUT2D eigenvalue weighted by Gasteiger charge is 2.21. The maximum atomic E-state index is 11.9. The lowest BCUT2D eigenvalue weighted by atomic mass is 10.1. The number of urea groups is 1. The van der Waals surface area contributed by atoms with Crippen molar-refractivity contribution < 1.29 is 24.2 Å². The number of aryl methyl sites for hydroxylation is 1. The number of amides is 3. The topological polar surface area (TPSA) is 117 Å². The summed E-state index contributed by atoms with van der Waals surface area (Å²) in [5.74, 6) is -0.989. The summed E-state index contributed by atoms with van der Waals surface area (Å²) in [6, 6.07) is 6.68. The number of unbranched alkanes of at least 4 members (excludes halogenated alkanes) is 1. The molecule has 0 saturated carbocycles. The summed E-state index contributed by atoms with van der Waals surface area (Å²) in [7, 11) is 0. The molecule has 1 rings (SSSR count). The molecule has 0 aliphatic carbocycles. The Morgan fingerprint density at radius 1 is 1.14 bits per heavy atom. The molecule has 0 bridgehead atoms. The molecule has 0 saturated heterocycles. The second kappa shape index (κ2) is 11.2. The molecule has 0 unspecified atom stereocenters. The molecular weight excluding hydrogens is 362 g/mol. The Kier molecular flexibility index (Phi) is 9.27. The van der Waals surface area contributed by atoms with Gasteiger partial charge < -0.3 is 25.8 Å². The Bertz CT molecular complexity index is 670. The Hall–Kier alpha value is -2.77. The highest BCUT2D eigenvalue weighted by Crippen LogP contribution is 2.13. The van der Waals surface area contributed by atoms with Crippen molar-refractivity contribution >= 4 is 23.8 Å². The second-order valence-corrected chi connectivity index (χ2v) is 7.63. The van der Waals surface area contributed by atoms with E-state index in [0.29, 0.717) is 25.8 Å². The number of aliphatic carboxylic acids is 1. The number of hydrogen-bond acceptors (Lipinski definition) is 4. The van der Waals surface area contributed by atoms with Crippen molar-refractivity contribution in [3.63, 3.8) is 0 Å². The molecule has 8 heteroatoms. The smallest absolute Gasteiger partial charge is 0.407 e. The predicted molar refractivity (Wildman–Crippen MR) is 107 cm³/mol. The number of carbonyl (C=O) groups excluding carboxylic acids is 2. The molecule has 1 aromatic rings. The number of hydrogen-bond donors (Lipinski definition) is 4. The molecule has 3 amide bonds. The van der Waals surface area contributed by atoms with Crippen molar-refractivity contribution in [2.24, 2.45) is 0 Å². The number of nitrogens with one attached hydrogen (secondary N) is 3. The van der Waals surface area contributed by atoms with Crippen LogP contribution in [0, 0.1) is 6.92 Å². The molecule has 0 aromatic heterocycles. The van der Waals surface area contributed by atoms with E-state index in [0.717, 1.165) is 11.3 Å². The summed E-state index contributed by atoms with van der Waals surface area (Å²) < 4.78 is 5.17. The van der Waals surface area contributed by atoms with Crippen LogP contribution >= 0.6 is 0 Å². The average Bonchev–Trinajstić information content (AvgIpc) is 2.54. The molecule has 4 N–H and O–H groups in total. The number of para-hydroxylation sites is 1. The van der Waals surface area contributed by atoms with Crippen molar-refractivity contribution in [2.45, 2.75) is 65.0 Å². The number of carboxylic acids is 1. The van der Waals surface area contributed by atoms with Crippen LogP contribution in [-0.2, 0) is 9.53 Å². The lowest BCUT2D eigenvalue weighted by Gasteiger charge is -2.23. The van der Waals surface area contributed by atoms with Gasteiger partial charge in [0.05, 0.1) is 6.42 Å². The molecule has 0 aliphatic heterocycles. The van der Waals surface area contributed by atoms with E-state index in [1.165, 1.54) is 0 Å². The zero-order valence-corrected chi connectivity index (χ0v) is 17.0. The Morgan fingerprint density at radius 2 is 1.82 bits per heavy atom. The van der Waals surface area contributed by atoms with Gasteiger partial charge in [-0.1, -0.05) is 18.2 Å². The first-order valence-electron chi connectivity index (χ1n) is 9.38. The Morgan fingerprint density at radius 3 is 2.43 bits per heavy atom. The summed E-state index contributed by atoms with van der Waals surface area (Å²) in [5.41, 5.74) is 1.08. The molecule has 1 atom stereocenters. The number of carboxylic acid groups (broad SMARTS) is 1. The SMILES string of the molecule is Cc1ccccc1NC(=O)NCCCC[C@H](CC(=O)O)NC(=O)OC(C)(C)C. The first-order valence-corrected chi connectivity index (χ1v) is 9.38. The van der Waals surface area contributed by atoms with Crippen molar-refractivity contribution in [3.05, 3.63) is 29.8 Å². The van der Waals surface area contributed by atoms with Crippen LogP contribution in [0.5, 0.6) is 0 Å². The monoisotopic (exact) mass is 393 g/mol. The van der Waals surface area contributed by atoms with Gasteiger partial charge in [-0.2, -0.15) is 0 Å². The zero-order chi connectivity index (χ0) is 21.2. The fraction of sp³-hybridized carbons (Fsp3) is 0.550. The summed E-state index contributed by atoms with van der Waals surface area (Å²) in [6.45, 7) is 7.59. The maximum absolute atomic E-state index is 11.9. The van der Waals surface area contributed by atoms with Gasteiger partial charge in [0, 0.05) is 18.3 Å². The molecule has 156 valence electrons. The van der Waals surface area contributed by atoms with Crippen LogP contribution in [0.15, 0.2) is 24.3 Å². The number of alkyl carbamates (subject to hydrolysis) is 1. The summed E-state index contributed by atoms with van der Waals surface area (Å²) in [4.78, 5) is 34.7. The summed E-state index contributed by atoms with van der Waals surface area (Å²) >= 11 is 0. The van der Waals surface area contributed by atoms with Gasteiger partial charge in [0.2, 0.25) is 0 Å². The van der Waals surface area contributed by atoms with E-state index < -0.39 is 23.7 Å². The van der Waals surface area contributed by atoms with Crippen LogP contribution in [0.1, 0.15) is 52.0 Å². The van der Waals surface area contributed by atoms with Crippen molar-refractivity contribution in [2.75, 3.05) is 11.9 Å². The van der Waals surface area contributed by atoms with E-state index in [2.05, 4.69) is 16.0 Å². The third kappa shape index (κ3) is 10.4. The summed E-state index contributed by atoms with van der Waals surface area (Å²) in [5, 5.41) is 17.2. The standard InChI is InChI=1S/C20H31N3O5/c1-14-9-5-6-11-16(14)23-18(26)21-12-8-7-10-15(13-17(24)25)22-19(27)28-20(2,3)4/h5-6,9,11,15H,7-8,10,12-13H2,1-4H3,(H,22,27)(H,24,25)(H2,21,23,26)/t15-/m1/s1. The number of anilines is 1. The van der Waals surface area contributed by atoms with E-state index in [4.69, 9.17) is 9.84 Å². The molecule has 0 fully saturated rings. The quantitative estimate of drug-likeness (QED) is 0.478. The number of benzene rings is 1. The number of ether oxygens (including phenoxy) is 1. The van der Waals surface area contributed by atoms with E-state index in [1.807, 2.05) is 31.2 Å². The van der Waals surface area contributed by atoms with Gasteiger partial charge in [0.1, 0.15) is 5.60 Å². The van der Waals surface area contributed by atoms with Gasteiger partial charge in [0.15, 0.2) is 0 Å². The fourth-order valence-corrected chi connectivity index (χ4v) is 2.51. The second-order valence-electron chi connectivity index (χ2n) is 7.63. The van der Waals surface area contributed by atoms with Gasteiger partial charge in [-0.25, -0.2) is 9.59 Å². The number of carbonyl (C=O) groups is 3. The van der Waals surface area contributed by atoms with Crippen molar-refractivity contribution in [1.82, 2.24) is 10.6 Å². The van der Waals surface area contributed by atoms with Crippen molar-refractivity contribution in [1.29, 1.82) is 0 Å². The lowest BCUT2D eigenvalue weighted by molar-refractivity contribution is -0.137. The van der Waals surface area contributed by atoms with Crippen LogP contribution in [0.4, 0.5) is 15.3 Å². The fourth-order valence-electron chi connectivity index (χ4n) is 2.51. The molecule has 8 nitrogen and oxygen atoms in total. The van der Waals surface area contributed by atoms with Gasteiger partial charge in [-0.15, -0.1) is 0 Å². The van der Waals surface area contributed by atoms with Crippen LogP contribution in [0.2, 0.25) is 0 Å². The molecular formula is C20H31N3O5. The van der Waals surface area contributed by atoms with E-state index in [1.54, 1.807) is 20.8 Å². The summed E-state index contributed by atoms with van der Waals surface area (Å²) in [6.07, 6.45) is 0.980. The van der Waals surface area contributed by atoms with Gasteiger partial charge >= 0.3 is 18.1 Å². The Balaban J connectivity index is 2.33. The van der Waals surface area contributed by atoms with Crippen molar-refractivity contribution in [3.8, 4) is 0 Å². The van der Waals surface area contributed by atoms with E-state index in [9.17, 15) is 14.4 Å². The minimum atomic E-state index is -0.989. The highest BCUT2D eigenvalue weighted by atomic mass is 16.6. The first-order chi connectivity index (χ1) is 13.1. The van der Waals surface area contributed by atoms with Gasteiger partial charge in [0.25, 0.3) is 0 Å².